The van der Waals surface area contributed by atoms with Gasteiger partial charge in [-0.1, -0.05) is 12.1 Å². The number of likely N-dealkylation sites (tertiary alicyclic amines) is 1. The first kappa shape index (κ1) is 14.1. The number of hydrogen-bond donors (Lipinski definition) is 0. The molecule has 21 heavy (non-hydrogen) atoms. The molecule has 1 aliphatic rings. The Morgan fingerprint density at radius 3 is 2.90 bits per heavy atom. The van der Waals surface area contributed by atoms with Gasteiger partial charge in [0.25, 0.3) is 5.91 Å². The highest BCUT2D eigenvalue weighted by Crippen LogP contribution is 2.35. The Balaban J connectivity index is 1.86. The summed E-state index contributed by atoms with van der Waals surface area (Å²) in [6.07, 6.45) is 2.07. The van der Waals surface area contributed by atoms with E-state index in [9.17, 15) is 4.79 Å². The number of aryl methyl sites for hydroxylation is 1. The standard InChI is InChI=1S/C17H19NO2S/c1-12-8-9-16(21-12)17(19)18-10-4-7-15(18)13-5-3-6-14(11-13)20-2/h3,5-6,8-9,11,15H,4,7,10H2,1-2H3. The minimum Gasteiger partial charge on any atom is -0.497 e. The molecule has 1 fully saturated rings. The van der Waals surface area contributed by atoms with E-state index in [2.05, 4.69) is 6.07 Å². The molecule has 1 aromatic heterocycles. The van der Waals surface area contributed by atoms with Crippen LogP contribution in [0, 0.1) is 6.92 Å². The van der Waals surface area contributed by atoms with Crippen LogP contribution in [-0.4, -0.2) is 24.5 Å². The quantitative estimate of drug-likeness (QED) is 0.856. The summed E-state index contributed by atoms with van der Waals surface area (Å²) in [7, 11) is 1.67. The Labute approximate surface area is 129 Å². The number of ether oxygens (including phenoxy) is 1. The van der Waals surface area contributed by atoms with Crippen LogP contribution in [0.2, 0.25) is 0 Å². The lowest BCUT2D eigenvalue weighted by Crippen LogP contribution is -2.29. The van der Waals surface area contributed by atoms with Gasteiger partial charge in [-0.25, -0.2) is 0 Å². The molecule has 4 heteroatoms. The fourth-order valence-electron chi connectivity index (χ4n) is 2.90. The van der Waals surface area contributed by atoms with E-state index in [1.165, 1.54) is 4.88 Å². The van der Waals surface area contributed by atoms with E-state index in [0.29, 0.717) is 0 Å². The molecule has 2 aromatic rings. The SMILES string of the molecule is COc1cccc(C2CCCN2C(=O)c2ccc(C)s2)c1. The largest absolute Gasteiger partial charge is 0.497 e. The highest BCUT2D eigenvalue weighted by Gasteiger charge is 2.31. The van der Waals surface area contributed by atoms with Crippen LogP contribution in [0.15, 0.2) is 36.4 Å². The Morgan fingerprint density at radius 1 is 1.33 bits per heavy atom. The maximum Gasteiger partial charge on any atom is 0.264 e. The zero-order chi connectivity index (χ0) is 14.8. The molecule has 0 radical (unpaired) electrons. The fraction of sp³-hybridized carbons (Fsp3) is 0.353. The molecule has 1 unspecified atom stereocenters. The number of amides is 1. The van der Waals surface area contributed by atoms with Gasteiger partial charge in [-0.15, -0.1) is 11.3 Å². The number of thiophene rings is 1. The third-order valence-electron chi connectivity index (χ3n) is 3.94. The number of carbonyl (C=O) groups is 1. The first-order valence-electron chi connectivity index (χ1n) is 7.20. The van der Waals surface area contributed by atoms with Crippen LogP contribution < -0.4 is 4.74 Å². The smallest absolute Gasteiger partial charge is 0.264 e. The first-order chi connectivity index (χ1) is 10.2. The molecule has 0 spiro atoms. The number of benzene rings is 1. The van der Waals surface area contributed by atoms with E-state index in [4.69, 9.17) is 4.74 Å². The number of methoxy groups -OCH3 is 1. The van der Waals surface area contributed by atoms with Gasteiger partial charge in [-0.3, -0.25) is 4.79 Å². The van der Waals surface area contributed by atoms with Crippen LogP contribution >= 0.6 is 11.3 Å². The number of nitrogens with zero attached hydrogens (tertiary/aromatic N) is 1. The molecule has 1 aromatic carbocycles. The second kappa shape index (κ2) is 5.90. The summed E-state index contributed by atoms with van der Waals surface area (Å²) in [6.45, 7) is 2.86. The fourth-order valence-corrected chi connectivity index (χ4v) is 3.72. The van der Waals surface area contributed by atoms with Gasteiger partial charge in [0.05, 0.1) is 18.0 Å². The highest BCUT2D eigenvalue weighted by atomic mass is 32.1. The van der Waals surface area contributed by atoms with Gasteiger partial charge in [0.15, 0.2) is 0 Å². The van der Waals surface area contributed by atoms with E-state index in [1.807, 2.05) is 42.2 Å². The maximum atomic E-state index is 12.7. The number of hydrogen-bond acceptors (Lipinski definition) is 3. The normalized spacial score (nSPS) is 18.0. The van der Waals surface area contributed by atoms with E-state index in [1.54, 1.807) is 18.4 Å². The Kier molecular flexibility index (Phi) is 3.97. The molecule has 110 valence electrons. The Morgan fingerprint density at radius 2 is 2.19 bits per heavy atom. The summed E-state index contributed by atoms with van der Waals surface area (Å²) < 4.78 is 5.30. The van der Waals surface area contributed by atoms with Crippen molar-refractivity contribution < 1.29 is 9.53 Å². The van der Waals surface area contributed by atoms with E-state index in [-0.39, 0.29) is 11.9 Å². The third kappa shape index (κ3) is 2.81. The lowest BCUT2D eigenvalue weighted by Gasteiger charge is -2.25. The lowest BCUT2D eigenvalue weighted by molar-refractivity contribution is 0.0740. The lowest BCUT2D eigenvalue weighted by atomic mass is 10.0. The molecule has 3 nitrogen and oxygen atoms in total. The van der Waals surface area contributed by atoms with Crippen molar-refractivity contribution in [1.82, 2.24) is 4.90 Å². The van der Waals surface area contributed by atoms with Crippen LogP contribution in [0.1, 0.15) is 39.0 Å². The topological polar surface area (TPSA) is 29.5 Å². The molecule has 1 aliphatic heterocycles. The summed E-state index contributed by atoms with van der Waals surface area (Å²) in [5.74, 6) is 0.997. The van der Waals surface area contributed by atoms with E-state index in [0.717, 1.165) is 35.6 Å². The second-order valence-corrected chi connectivity index (χ2v) is 6.63. The number of carbonyl (C=O) groups excluding carboxylic acids is 1. The van der Waals surface area contributed by atoms with Gasteiger partial charge in [0.2, 0.25) is 0 Å². The molecular weight excluding hydrogens is 282 g/mol. The minimum absolute atomic E-state index is 0.151. The maximum absolute atomic E-state index is 12.7. The summed E-state index contributed by atoms with van der Waals surface area (Å²) in [5.41, 5.74) is 1.16. The van der Waals surface area contributed by atoms with Crippen molar-refractivity contribution in [2.45, 2.75) is 25.8 Å². The molecule has 0 aliphatic carbocycles. The summed E-state index contributed by atoms with van der Waals surface area (Å²) >= 11 is 1.57. The summed E-state index contributed by atoms with van der Waals surface area (Å²) in [6, 6.07) is 12.2. The first-order valence-corrected chi connectivity index (χ1v) is 8.02. The molecule has 1 amide bonds. The summed E-state index contributed by atoms with van der Waals surface area (Å²) in [5, 5.41) is 0. The van der Waals surface area contributed by atoms with Gasteiger partial charge < -0.3 is 9.64 Å². The zero-order valence-corrected chi connectivity index (χ0v) is 13.2. The van der Waals surface area contributed by atoms with Gasteiger partial charge in [0, 0.05) is 11.4 Å². The predicted molar refractivity (Wildman–Crippen MR) is 85.1 cm³/mol. The van der Waals surface area contributed by atoms with E-state index >= 15 is 0 Å². The molecule has 0 bridgehead atoms. The van der Waals surface area contributed by atoms with Crippen LogP contribution in [-0.2, 0) is 0 Å². The molecular formula is C17H19NO2S. The van der Waals surface area contributed by atoms with Crippen molar-refractivity contribution in [2.75, 3.05) is 13.7 Å². The van der Waals surface area contributed by atoms with Crippen molar-refractivity contribution in [3.05, 3.63) is 51.7 Å². The van der Waals surface area contributed by atoms with E-state index < -0.39 is 0 Å². The van der Waals surface area contributed by atoms with Crippen LogP contribution in [0.3, 0.4) is 0 Å². The summed E-state index contributed by atoms with van der Waals surface area (Å²) in [4.78, 5) is 16.7. The number of rotatable bonds is 3. The third-order valence-corrected chi connectivity index (χ3v) is 4.93. The van der Waals surface area contributed by atoms with Crippen LogP contribution in [0.5, 0.6) is 5.75 Å². The van der Waals surface area contributed by atoms with Crippen molar-refractivity contribution in [1.29, 1.82) is 0 Å². The van der Waals surface area contributed by atoms with Gasteiger partial charge in [-0.05, 0) is 49.6 Å². The minimum atomic E-state index is 0.151. The Hall–Kier alpha value is -1.81. The molecule has 0 saturated carbocycles. The van der Waals surface area contributed by atoms with Crippen LogP contribution in [0.4, 0.5) is 0 Å². The second-order valence-electron chi connectivity index (χ2n) is 5.34. The molecule has 2 heterocycles. The van der Waals surface area contributed by atoms with Gasteiger partial charge >= 0.3 is 0 Å². The van der Waals surface area contributed by atoms with Crippen molar-refractivity contribution in [3.63, 3.8) is 0 Å². The average molecular weight is 301 g/mol. The van der Waals surface area contributed by atoms with Crippen molar-refractivity contribution >= 4 is 17.2 Å². The molecule has 0 N–H and O–H groups in total. The molecule has 3 rings (SSSR count). The van der Waals surface area contributed by atoms with Gasteiger partial charge in [0.1, 0.15) is 5.75 Å². The molecule has 1 saturated heterocycles. The monoisotopic (exact) mass is 301 g/mol. The highest BCUT2D eigenvalue weighted by molar-refractivity contribution is 7.13. The van der Waals surface area contributed by atoms with Crippen molar-refractivity contribution in [3.8, 4) is 5.75 Å². The predicted octanol–water partition coefficient (Wildman–Crippen LogP) is 4.04. The zero-order valence-electron chi connectivity index (χ0n) is 12.3. The van der Waals surface area contributed by atoms with Crippen molar-refractivity contribution in [2.24, 2.45) is 0 Å². The van der Waals surface area contributed by atoms with Crippen LogP contribution in [0.25, 0.3) is 0 Å². The Bertz CT molecular complexity index is 650. The average Bonchev–Trinajstić information content (AvgIpc) is 3.15. The van der Waals surface area contributed by atoms with Gasteiger partial charge in [-0.2, -0.15) is 0 Å². The molecule has 1 atom stereocenters.